The summed E-state index contributed by atoms with van der Waals surface area (Å²) < 4.78 is 0. The Morgan fingerprint density at radius 2 is 1.35 bits per heavy atom. The van der Waals surface area contributed by atoms with Crippen LogP contribution in [0.1, 0.15) is 6.92 Å². The maximum Gasteiger partial charge on any atom is 0.221 e. The molecule has 0 heterocycles. The van der Waals surface area contributed by atoms with Crippen LogP contribution >= 0.6 is 0 Å². The summed E-state index contributed by atoms with van der Waals surface area (Å²) >= 11 is 0. The van der Waals surface area contributed by atoms with E-state index in [1.807, 2.05) is 12.1 Å². The van der Waals surface area contributed by atoms with Crippen LogP contribution in [-0.2, 0) is 4.79 Å². The quantitative estimate of drug-likeness (QED) is 0.635. The van der Waals surface area contributed by atoms with Gasteiger partial charge in [0.15, 0.2) is 0 Å². The summed E-state index contributed by atoms with van der Waals surface area (Å²) in [5.74, 6) is 0.189. The molecule has 20 heavy (non-hydrogen) atoms. The number of aromatic hydroxyl groups is 2. The molecular weight excluding hydrogens is 256 g/mol. The van der Waals surface area contributed by atoms with Crippen molar-refractivity contribution in [2.45, 2.75) is 6.92 Å². The normalized spacial score (nSPS) is 9.10. The molecule has 5 nitrogen and oxygen atoms in total. The number of nitrogens with one attached hydrogen (secondary N) is 2. The van der Waals surface area contributed by atoms with Gasteiger partial charge < -0.3 is 20.8 Å². The first-order chi connectivity index (χ1) is 9.54. The summed E-state index contributed by atoms with van der Waals surface area (Å²) in [6.45, 7) is 1.40. The zero-order valence-corrected chi connectivity index (χ0v) is 11.4. The van der Waals surface area contributed by atoms with Crippen molar-refractivity contribution < 1.29 is 15.0 Å². The predicted molar refractivity (Wildman–Crippen MR) is 80.1 cm³/mol. The van der Waals surface area contributed by atoms with Gasteiger partial charge in [-0.1, -0.05) is 24.3 Å². The summed E-state index contributed by atoms with van der Waals surface area (Å²) in [6, 6.07) is 13.7. The lowest BCUT2D eigenvalue weighted by Crippen LogP contribution is -2.05. The van der Waals surface area contributed by atoms with Crippen LogP contribution in [0.4, 0.5) is 11.4 Å². The molecule has 5 heteroatoms. The molecule has 2 aromatic carbocycles. The van der Waals surface area contributed by atoms with Crippen LogP contribution in [-0.4, -0.2) is 23.2 Å². The van der Waals surface area contributed by atoms with E-state index in [9.17, 15) is 4.79 Å². The monoisotopic (exact) mass is 274 g/mol. The van der Waals surface area contributed by atoms with Crippen LogP contribution in [0.5, 0.6) is 11.5 Å². The highest BCUT2D eigenvalue weighted by Crippen LogP contribution is 2.21. The minimum Gasteiger partial charge on any atom is -0.506 e. The third-order valence-corrected chi connectivity index (χ3v) is 2.39. The molecule has 2 rings (SSSR count). The van der Waals surface area contributed by atoms with Gasteiger partial charge in [0.25, 0.3) is 0 Å². The lowest BCUT2D eigenvalue weighted by atomic mass is 10.3. The van der Waals surface area contributed by atoms with Gasteiger partial charge in [-0.2, -0.15) is 0 Å². The van der Waals surface area contributed by atoms with Crippen molar-refractivity contribution in [1.82, 2.24) is 0 Å². The number of para-hydroxylation sites is 4. The van der Waals surface area contributed by atoms with Crippen molar-refractivity contribution >= 4 is 17.3 Å². The van der Waals surface area contributed by atoms with E-state index in [-0.39, 0.29) is 11.7 Å². The molecule has 106 valence electrons. The predicted octanol–water partition coefficient (Wildman–Crippen LogP) is 2.78. The first kappa shape index (κ1) is 15.4. The molecule has 2 aromatic rings. The average Bonchev–Trinajstić information content (AvgIpc) is 2.42. The number of phenolic OH excluding ortho intramolecular Hbond substituents is 2. The Balaban J connectivity index is 0.000000204. The van der Waals surface area contributed by atoms with Crippen LogP contribution in [0.3, 0.4) is 0 Å². The molecule has 1 amide bonds. The van der Waals surface area contributed by atoms with E-state index in [4.69, 9.17) is 10.2 Å². The van der Waals surface area contributed by atoms with Gasteiger partial charge in [0.1, 0.15) is 11.5 Å². The van der Waals surface area contributed by atoms with Gasteiger partial charge in [0.2, 0.25) is 5.91 Å². The molecule has 0 saturated carbocycles. The molecule has 0 bridgehead atoms. The van der Waals surface area contributed by atoms with E-state index in [0.29, 0.717) is 11.4 Å². The standard InChI is InChI=1S/C8H9NO2.C7H9NO/c1-6(10)9-7-4-2-3-5-8(7)11;1-8-6-4-2-3-5-7(6)9/h2-5,11H,1H3,(H,9,10);2-5,8-9H,1H3. The Kier molecular flexibility index (Phi) is 5.90. The number of anilines is 2. The third kappa shape index (κ3) is 4.89. The minimum atomic E-state index is -0.188. The van der Waals surface area contributed by atoms with E-state index >= 15 is 0 Å². The summed E-state index contributed by atoms with van der Waals surface area (Å²) in [6.07, 6.45) is 0. The number of benzene rings is 2. The first-order valence-electron chi connectivity index (χ1n) is 6.06. The maximum absolute atomic E-state index is 10.5. The van der Waals surface area contributed by atoms with E-state index < -0.39 is 0 Å². The molecule has 0 aromatic heterocycles. The van der Waals surface area contributed by atoms with Crippen LogP contribution in [0, 0.1) is 0 Å². The molecule has 0 aliphatic carbocycles. The summed E-state index contributed by atoms with van der Waals surface area (Å²) in [7, 11) is 1.77. The Labute approximate surface area is 117 Å². The average molecular weight is 274 g/mol. The molecule has 0 spiro atoms. The van der Waals surface area contributed by atoms with E-state index in [1.165, 1.54) is 13.0 Å². The number of phenols is 2. The summed E-state index contributed by atoms with van der Waals surface area (Å²) in [5.41, 5.74) is 1.21. The Morgan fingerprint density at radius 1 is 0.900 bits per heavy atom. The molecule has 0 aliphatic rings. The molecule has 0 saturated heterocycles. The highest BCUT2D eigenvalue weighted by Gasteiger charge is 1.98. The molecule has 4 N–H and O–H groups in total. The third-order valence-electron chi connectivity index (χ3n) is 2.39. The van der Waals surface area contributed by atoms with Gasteiger partial charge in [-0.05, 0) is 24.3 Å². The second kappa shape index (κ2) is 7.68. The number of rotatable bonds is 2. The molecule has 0 radical (unpaired) electrons. The van der Waals surface area contributed by atoms with Crippen molar-refractivity contribution in [2.24, 2.45) is 0 Å². The zero-order chi connectivity index (χ0) is 15.0. The minimum absolute atomic E-state index is 0.0858. The van der Waals surface area contributed by atoms with Gasteiger partial charge in [-0.15, -0.1) is 0 Å². The fourth-order valence-corrected chi connectivity index (χ4v) is 1.45. The molecular formula is C15H18N2O3. The highest BCUT2D eigenvalue weighted by molar-refractivity contribution is 5.90. The molecule has 0 aliphatic heterocycles. The molecule has 0 atom stereocenters. The number of hydrogen-bond acceptors (Lipinski definition) is 4. The Morgan fingerprint density at radius 3 is 1.70 bits per heavy atom. The number of amides is 1. The van der Waals surface area contributed by atoms with E-state index in [0.717, 1.165) is 5.69 Å². The fraction of sp³-hybridized carbons (Fsp3) is 0.133. The number of carbonyl (C=O) groups is 1. The first-order valence-corrected chi connectivity index (χ1v) is 6.06. The van der Waals surface area contributed by atoms with Crippen molar-refractivity contribution in [3.63, 3.8) is 0 Å². The summed E-state index contributed by atoms with van der Waals surface area (Å²) in [4.78, 5) is 10.5. The smallest absolute Gasteiger partial charge is 0.221 e. The van der Waals surface area contributed by atoms with Crippen LogP contribution in [0.25, 0.3) is 0 Å². The second-order valence-electron chi connectivity index (χ2n) is 3.97. The Hall–Kier alpha value is -2.69. The van der Waals surface area contributed by atoms with Gasteiger partial charge in [0.05, 0.1) is 11.4 Å². The van der Waals surface area contributed by atoms with Crippen LogP contribution < -0.4 is 10.6 Å². The van der Waals surface area contributed by atoms with Gasteiger partial charge in [-0.25, -0.2) is 0 Å². The second-order valence-corrected chi connectivity index (χ2v) is 3.97. The summed E-state index contributed by atoms with van der Waals surface area (Å²) in [5, 5.41) is 23.5. The fourth-order valence-electron chi connectivity index (χ4n) is 1.45. The van der Waals surface area contributed by atoms with E-state index in [2.05, 4.69) is 10.6 Å². The van der Waals surface area contributed by atoms with E-state index in [1.54, 1.807) is 37.4 Å². The number of hydrogen-bond donors (Lipinski definition) is 4. The lowest BCUT2D eigenvalue weighted by Gasteiger charge is -2.02. The molecule has 0 unspecified atom stereocenters. The van der Waals surface area contributed by atoms with Gasteiger partial charge in [-0.3, -0.25) is 4.79 Å². The zero-order valence-electron chi connectivity index (χ0n) is 11.4. The van der Waals surface area contributed by atoms with Gasteiger partial charge in [0, 0.05) is 14.0 Å². The largest absolute Gasteiger partial charge is 0.506 e. The molecule has 0 fully saturated rings. The maximum atomic E-state index is 10.5. The van der Waals surface area contributed by atoms with Crippen molar-refractivity contribution in [3.8, 4) is 11.5 Å². The SMILES string of the molecule is CC(=O)Nc1ccccc1O.CNc1ccccc1O. The van der Waals surface area contributed by atoms with Crippen molar-refractivity contribution in [3.05, 3.63) is 48.5 Å². The van der Waals surface area contributed by atoms with Crippen molar-refractivity contribution in [2.75, 3.05) is 17.7 Å². The van der Waals surface area contributed by atoms with Crippen molar-refractivity contribution in [1.29, 1.82) is 0 Å². The topological polar surface area (TPSA) is 81.6 Å². The Bertz CT molecular complexity index is 571. The highest BCUT2D eigenvalue weighted by atomic mass is 16.3. The van der Waals surface area contributed by atoms with Gasteiger partial charge >= 0.3 is 0 Å². The lowest BCUT2D eigenvalue weighted by molar-refractivity contribution is -0.114. The van der Waals surface area contributed by atoms with Crippen LogP contribution in [0.2, 0.25) is 0 Å². The van der Waals surface area contributed by atoms with Crippen LogP contribution in [0.15, 0.2) is 48.5 Å². The number of carbonyl (C=O) groups excluding carboxylic acids is 1.